The number of rotatable bonds is 5. The smallest absolute Gasteiger partial charge is 0.271 e. The first-order valence-electron chi connectivity index (χ1n) is 10.2. The Bertz CT molecular complexity index is 1010. The Morgan fingerprint density at radius 2 is 1.93 bits per heavy atom. The molecule has 0 bridgehead atoms. The zero-order valence-corrected chi connectivity index (χ0v) is 17.0. The topological polar surface area (TPSA) is 91.0 Å². The fraction of sp³-hybridized carbons (Fsp3) is 0.304. The predicted octanol–water partition coefficient (Wildman–Crippen LogP) is 2.95. The van der Waals surface area contributed by atoms with Gasteiger partial charge in [0.05, 0.1) is 5.69 Å². The number of aromatic amines is 1. The average Bonchev–Trinajstić information content (AvgIpc) is 3.29. The summed E-state index contributed by atoms with van der Waals surface area (Å²) in [6, 6.07) is 13.6. The van der Waals surface area contributed by atoms with Gasteiger partial charge in [-0.3, -0.25) is 19.7 Å². The van der Waals surface area contributed by atoms with Crippen molar-refractivity contribution < 1.29 is 9.59 Å². The van der Waals surface area contributed by atoms with Crippen LogP contribution in [0.3, 0.4) is 0 Å². The number of aryl methyl sites for hydroxylation is 1. The third-order valence-corrected chi connectivity index (χ3v) is 5.51. The van der Waals surface area contributed by atoms with Gasteiger partial charge in [0.2, 0.25) is 5.91 Å². The second-order valence-corrected chi connectivity index (χ2v) is 7.68. The van der Waals surface area contributed by atoms with Crippen molar-refractivity contribution in [2.24, 2.45) is 5.92 Å². The Labute approximate surface area is 175 Å². The largest absolute Gasteiger partial charge is 0.352 e. The molecule has 1 aliphatic heterocycles. The summed E-state index contributed by atoms with van der Waals surface area (Å²) in [5.41, 5.74) is 4.29. The van der Waals surface area contributed by atoms with Crippen molar-refractivity contribution in [2.45, 2.75) is 26.3 Å². The van der Waals surface area contributed by atoms with Crippen molar-refractivity contribution >= 4 is 11.8 Å². The molecule has 1 fully saturated rings. The van der Waals surface area contributed by atoms with E-state index < -0.39 is 0 Å². The minimum absolute atomic E-state index is 0.0584. The van der Waals surface area contributed by atoms with Crippen LogP contribution in [0.2, 0.25) is 0 Å². The minimum atomic E-state index is -0.0869. The molecule has 1 aliphatic rings. The molecule has 0 unspecified atom stereocenters. The minimum Gasteiger partial charge on any atom is -0.352 e. The van der Waals surface area contributed by atoms with Crippen molar-refractivity contribution in [3.63, 3.8) is 0 Å². The third kappa shape index (κ3) is 4.56. The molecule has 3 aromatic rings. The number of nitrogens with one attached hydrogen (secondary N) is 2. The summed E-state index contributed by atoms with van der Waals surface area (Å²) in [4.78, 5) is 31.2. The fourth-order valence-electron chi connectivity index (χ4n) is 3.65. The zero-order chi connectivity index (χ0) is 20.9. The molecule has 7 heteroatoms. The lowest BCUT2D eigenvalue weighted by molar-refractivity contribution is -0.126. The van der Waals surface area contributed by atoms with Crippen molar-refractivity contribution in [1.29, 1.82) is 0 Å². The number of hydrogen-bond donors (Lipinski definition) is 2. The van der Waals surface area contributed by atoms with Crippen LogP contribution in [0.25, 0.3) is 11.3 Å². The highest BCUT2D eigenvalue weighted by atomic mass is 16.2. The summed E-state index contributed by atoms with van der Waals surface area (Å²) >= 11 is 0. The van der Waals surface area contributed by atoms with E-state index >= 15 is 0 Å². The maximum Gasteiger partial charge on any atom is 0.271 e. The Hall–Kier alpha value is -3.48. The third-order valence-electron chi connectivity index (χ3n) is 5.51. The molecule has 0 spiro atoms. The average molecular weight is 403 g/mol. The normalized spacial score (nSPS) is 14.5. The van der Waals surface area contributed by atoms with E-state index in [1.165, 1.54) is 5.56 Å². The van der Waals surface area contributed by atoms with Gasteiger partial charge in [0, 0.05) is 43.5 Å². The lowest BCUT2D eigenvalue weighted by atomic mass is 9.95. The molecule has 1 saturated heterocycles. The zero-order valence-electron chi connectivity index (χ0n) is 17.0. The van der Waals surface area contributed by atoms with Crippen LogP contribution in [-0.2, 0) is 11.3 Å². The fourth-order valence-corrected chi connectivity index (χ4v) is 3.65. The maximum absolute atomic E-state index is 12.8. The molecule has 2 aromatic heterocycles. The molecular weight excluding hydrogens is 378 g/mol. The van der Waals surface area contributed by atoms with Crippen LogP contribution in [0, 0.1) is 12.8 Å². The van der Waals surface area contributed by atoms with Crippen LogP contribution >= 0.6 is 0 Å². The van der Waals surface area contributed by atoms with Crippen molar-refractivity contribution in [1.82, 2.24) is 25.4 Å². The van der Waals surface area contributed by atoms with E-state index in [1.54, 1.807) is 23.4 Å². The number of benzene rings is 1. The summed E-state index contributed by atoms with van der Waals surface area (Å²) in [6.07, 6.45) is 4.73. The molecule has 0 radical (unpaired) electrons. The molecule has 154 valence electrons. The molecule has 7 nitrogen and oxygen atoms in total. The van der Waals surface area contributed by atoms with Gasteiger partial charge in [-0.2, -0.15) is 5.10 Å². The van der Waals surface area contributed by atoms with Gasteiger partial charge >= 0.3 is 0 Å². The first-order chi connectivity index (χ1) is 14.6. The van der Waals surface area contributed by atoms with E-state index in [0.717, 1.165) is 11.1 Å². The molecule has 1 aromatic carbocycles. The summed E-state index contributed by atoms with van der Waals surface area (Å²) < 4.78 is 0. The highest BCUT2D eigenvalue weighted by Gasteiger charge is 2.28. The maximum atomic E-state index is 12.8. The lowest BCUT2D eigenvalue weighted by Crippen LogP contribution is -2.43. The van der Waals surface area contributed by atoms with Crippen LogP contribution in [-0.4, -0.2) is 45.0 Å². The molecular formula is C23H25N5O2. The van der Waals surface area contributed by atoms with Gasteiger partial charge in [0.25, 0.3) is 5.91 Å². The molecule has 4 rings (SSSR count). The summed E-state index contributed by atoms with van der Waals surface area (Å²) in [5.74, 6) is -0.0912. The van der Waals surface area contributed by atoms with Gasteiger partial charge in [0.1, 0.15) is 5.69 Å². The number of carbonyl (C=O) groups excluding carboxylic acids is 2. The van der Waals surface area contributed by atoms with Crippen LogP contribution in [0.5, 0.6) is 0 Å². The van der Waals surface area contributed by atoms with Crippen LogP contribution in [0.4, 0.5) is 0 Å². The summed E-state index contributed by atoms with van der Waals surface area (Å²) in [5, 5.41) is 10.1. The van der Waals surface area contributed by atoms with E-state index in [-0.39, 0.29) is 17.7 Å². The molecule has 0 aliphatic carbocycles. The predicted molar refractivity (Wildman–Crippen MR) is 113 cm³/mol. The lowest BCUT2D eigenvalue weighted by Gasteiger charge is -2.31. The monoisotopic (exact) mass is 403 g/mol. The Morgan fingerprint density at radius 3 is 2.63 bits per heavy atom. The van der Waals surface area contributed by atoms with E-state index in [2.05, 4.69) is 20.5 Å². The number of H-pyrrole nitrogens is 1. The second kappa shape index (κ2) is 8.90. The molecule has 0 atom stereocenters. The highest BCUT2D eigenvalue weighted by molar-refractivity contribution is 5.93. The number of likely N-dealkylation sites (tertiary alicyclic amines) is 1. The van der Waals surface area contributed by atoms with Gasteiger partial charge in [-0.25, -0.2) is 0 Å². The Morgan fingerprint density at radius 1 is 1.17 bits per heavy atom. The molecule has 2 N–H and O–H groups in total. The summed E-state index contributed by atoms with van der Waals surface area (Å²) in [6.45, 7) is 3.69. The number of carbonyl (C=O) groups is 2. The van der Waals surface area contributed by atoms with Crippen LogP contribution in [0.1, 0.15) is 34.5 Å². The van der Waals surface area contributed by atoms with E-state index in [1.807, 2.05) is 43.3 Å². The highest BCUT2D eigenvalue weighted by Crippen LogP contribution is 2.21. The number of aromatic nitrogens is 3. The van der Waals surface area contributed by atoms with Gasteiger partial charge in [0.15, 0.2) is 0 Å². The van der Waals surface area contributed by atoms with E-state index in [4.69, 9.17) is 0 Å². The number of amides is 2. The van der Waals surface area contributed by atoms with Crippen LogP contribution in [0.15, 0.2) is 54.9 Å². The van der Waals surface area contributed by atoms with Crippen molar-refractivity contribution in [2.75, 3.05) is 13.1 Å². The van der Waals surface area contributed by atoms with Gasteiger partial charge in [-0.15, -0.1) is 0 Å². The SMILES string of the molecule is Cc1ccc(CNC(=O)C2CCN(C(=O)c3cc(-c4cccnc4)n[nH]3)CC2)cc1. The van der Waals surface area contributed by atoms with Crippen molar-refractivity contribution in [3.05, 3.63) is 71.7 Å². The van der Waals surface area contributed by atoms with E-state index in [9.17, 15) is 9.59 Å². The van der Waals surface area contributed by atoms with Crippen LogP contribution < -0.4 is 5.32 Å². The second-order valence-electron chi connectivity index (χ2n) is 7.68. The Kier molecular flexibility index (Phi) is 5.88. The van der Waals surface area contributed by atoms with Crippen molar-refractivity contribution in [3.8, 4) is 11.3 Å². The van der Waals surface area contributed by atoms with Gasteiger partial charge in [-0.05, 0) is 43.5 Å². The summed E-state index contributed by atoms with van der Waals surface area (Å²) in [7, 11) is 0. The van der Waals surface area contributed by atoms with E-state index in [0.29, 0.717) is 43.9 Å². The van der Waals surface area contributed by atoms with Gasteiger partial charge in [-0.1, -0.05) is 29.8 Å². The number of piperidine rings is 1. The molecule has 0 saturated carbocycles. The standard InChI is InChI=1S/C23H25N5O2/c1-16-4-6-17(7-5-16)14-25-22(29)18-8-11-28(12-9-18)23(30)21-13-20(26-27-21)19-3-2-10-24-15-19/h2-7,10,13,15,18H,8-9,11-12,14H2,1H3,(H,25,29)(H,26,27). The number of pyridine rings is 1. The molecule has 30 heavy (non-hydrogen) atoms. The number of hydrogen-bond acceptors (Lipinski definition) is 4. The molecule has 2 amide bonds. The first-order valence-corrected chi connectivity index (χ1v) is 10.2. The quantitative estimate of drug-likeness (QED) is 0.685. The number of nitrogens with zero attached hydrogens (tertiary/aromatic N) is 3. The first kappa shape index (κ1) is 19.8. The van der Waals surface area contributed by atoms with Gasteiger partial charge < -0.3 is 10.2 Å². The Balaban J connectivity index is 1.28. The molecule has 3 heterocycles.